The summed E-state index contributed by atoms with van der Waals surface area (Å²) >= 11 is 3.75. The van der Waals surface area contributed by atoms with E-state index in [1.54, 1.807) is 72.7 Å². The predicted molar refractivity (Wildman–Crippen MR) is 207 cm³/mol. The van der Waals surface area contributed by atoms with E-state index in [2.05, 4.69) is 34.4 Å². The Morgan fingerprint density at radius 3 is 2.43 bits per heavy atom. The van der Waals surface area contributed by atoms with Crippen LogP contribution in [0.5, 0.6) is 5.75 Å². The van der Waals surface area contributed by atoms with Gasteiger partial charge in [-0.3, -0.25) is 19.2 Å². The number of aliphatic hydroxyl groups excluding tert-OH is 1. The largest absolute Gasteiger partial charge is 0.497 e. The van der Waals surface area contributed by atoms with Crippen molar-refractivity contribution in [3.63, 3.8) is 0 Å². The van der Waals surface area contributed by atoms with E-state index in [1.807, 2.05) is 19.9 Å². The Labute approximate surface area is 326 Å². The van der Waals surface area contributed by atoms with Crippen molar-refractivity contribution < 1.29 is 43.2 Å². The average molecular weight is 811 g/mol. The first-order valence-electron chi connectivity index (χ1n) is 18.5. The van der Waals surface area contributed by atoms with E-state index in [4.69, 9.17) is 18.9 Å². The Bertz CT molecular complexity index is 1660. The van der Waals surface area contributed by atoms with Gasteiger partial charge in [0, 0.05) is 30.6 Å². The number of hydrogen-bond acceptors (Lipinski definition) is 9. The Balaban J connectivity index is 1.57. The molecule has 2 bridgehead atoms. The molecule has 2 aromatic rings. The number of aliphatic hydroxyl groups is 1. The van der Waals surface area contributed by atoms with Gasteiger partial charge in [0.05, 0.1) is 50.3 Å². The van der Waals surface area contributed by atoms with Crippen molar-refractivity contribution >= 4 is 45.3 Å². The van der Waals surface area contributed by atoms with Crippen LogP contribution in [-0.4, -0.2) is 102 Å². The van der Waals surface area contributed by atoms with Crippen molar-refractivity contribution in [3.05, 3.63) is 85.5 Å². The molecule has 1 unspecified atom stereocenters. The van der Waals surface area contributed by atoms with Crippen LogP contribution in [0.3, 0.4) is 0 Å². The van der Waals surface area contributed by atoms with Gasteiger partial charge in [-0.05, 0) is 48.6 Å². The minimum atomic E-state index is -1.42. The number of anilines is 1. The molecule has 12 nitrogen and oxygen atoms in total. The molecule has 3 aliphatic heterocycles. The fraction of sp³-hybridized carbons (Fsp3) is 0.512. The molecule has 5 rings (SSSR count). The molecular formula is C41H52BrN3O9. The number of likely N-dealkylation sites (tertiary alicyclic amines) is 1. The number of carbonyl (C=O) groups is 4. The quantitative estimate of drug-likeness (QED) is 0.117. The first-order valence-corrected chi connectivity index (χ1v) is 19.4. The second-order valence-corrected chi connectivity index (χ2v) is 15.4. The number of nitrogens with zero attached hydrogens (tertiary/aromatic N) is 2. The summed E-state index contributed by atoms with van der Waals surface area (Å²) in [6, 6.07) is 13.4. The second kappa shape index (κ2) is 18.1. The summed E-state index contributed by atoms with van der Waals surface area (Å²) < 4.78 is 24.0. The van der Waals surface area contributed by atoms with Gasteiger partial charge in [0.25, 0.3) is 5.91 Å². The van der Waals surface area contributed by atoms with Crippen molar-refractivity contribution in [1.29, 1.82) is 0 Å². The van der Waals surface area contributed by atoms with Crippen LogP contribution in [0, 0.1) is 17.8 Å². The summed E-state index contributed by atoms with van der Waals surface area (Å²) in [5.41, 5.74) is -0.243. The smallest absolute Gasteiger partial charge is 0.313 e. The fourth-order valence-electron chi connectivity index (χ4n) is 8.27. The van der Waals surface area contributed by atoms with E-state index in [1.165, 1.54) is 12.0 Å². The number of benzene rings is 2. The van der Waals surface area contributed by atoms with E-state index >= 15 is 4.79 Å². The number of alkyl halides is 1. The number of fused-ring (bicyclic) bond motifs is 1. The van der Waals surface area contributed by atoms with Crippen LogP contribution in [0.2, 0.25) is 0 Å². The molecule has 0 saturated carbocycles. The summed E-state index contributed by atoms with van der Waals surface area (Å²) in [6.45, 7) is 11.2. The molecule has 13 heteroatoms. The topological polar surface area (TPSA) is 144 Å². The number of methoxy groups -OCH3 is 2. The molecule has 0 radical (unpaired) electrons. The average Bonchev–Trinajstić information content (AvgIpc) is 3.78. The van der Waals surface area contributed by atoms with Crippen LogP contribution < -0.4 is 15.0 Å². The van der Waals surface area contributed by atoms with Crippen molar-refractivity contribution in [1.82, 2.24) is 10.2 Å². The van der Waals surface area contributed by atoms with Gasteiger partial charge in [-0.1, -0.05) is 78.7 Å². The van der Waals surface area contributed by atoms with Gasteiger partial charge in [-0.2, -0.15) is 0 Å². The van der Waals surface area contributed by atoms with Crippen LogP contribution in [0.15, 0.2) is 79.9 Å². The maximum atomic E-state index is 15.1. The SMILES string of the molecule is C=CCCC(=O)N[C@H](COC)[C@H](OC(=O)[C@H]1[C@@H]2O[C@@]3(CC2Br)[C@@H]1C(=O)N([C@@H](CO)[C@@H](C)CC)[C@@H]3C(=O)N(CC=C)c1ccc(OC)cc1)c1ccccc1. The second-order valence-electron chi connectivity index (χ2n) is 14.2. The van der Waals surface area contributed by atoms with Crippen molar-refractivity contribution in [3.8, 4) is 5.75 Å². The fourth-order valence-corrected chi connectivity index (χ4v) is 9.22. The maximum absolute atomic E-state index is 15.1. The number of hydrogen-bond donors (Lipinski definition) is 2. The molecule has 0 aliphatic carbocycles. The van der Waals surface area contributed by atoms with Crippen LogP contribution in [0.1, 0.15) is 51.2 Å². The van der Waals surface area contributed by atoms with E-state index in [-0.39, 0.29) is 37.8 Å². The summed E-state index contributed by atoms with van der Waals surface area (Å²) in [4.78, 5) is 60.4. The lowest BCUT2D eigenvalue weighted by Gasteiger charge is -2.41. The third-order valence-corrected chi connectivity index (χ3v) is 11.9. The molecule has 10 atom stereocenters. The Hall–Kier alpha value is -4.04. The number of ether oxygens (including phenoxy) is 4. The van der Waals surface area contributed by atoms with Gasteiger partial charge < -0.3 is 39.2 Å². The number of carbonyl (C=O) groups excluding carboxylic acids is 4. The molecule has 292 valence electrons. The molecule has 3 heterocycles. The monoisotopic (exact) mass is 809 g/mol. The number of esters is 1. The third kappa shape index (κ3) is 7.87. The number of halogens is 1. The van der Waals surface area contributed by atoms with Gasteiger partial charge in [-0.25, -0.2) is 0 Å². The molecule has 3 aliphatic rings. The minimum Gasteiger partial charge on any atom is -0.497 e. The summed E-state index contributed by atoms with van der Waals surface area (Å²) in [5.74, 6) is -3.61. The highest BCUT2D eigenvalue weighted by Gasteiger charge is 2.78. The van der Waals surface area contributed by atoms with Gasteiger partial charge in [0.15, 0.2) is 0 Å². The minimum absolute atomic E-state index is 0.0343. The highest BCUT2D eigenvalue weighted by atomic mass is 79.9. The van der Waals surface area contributed by atoms with E-state index in [9.17, 15) is 19.5 Å². The summed E-state index contributed by atoms with van der Waals surface area (Å²) in [5, 5.41) is 13.8. The molecule has 3 saturated heterocycles. The molecule has 2 N–H and O–H groups in total. The lowest BCUT2D eigenvalue weighted by atomic mass is 9.70. The molecule has 1 spiro atoms. The standard InChI is InChI=1S/C41H52BrN3O9/c1-7-10-16-32(47)43-30(24-51-5)35(26-14-12-11-13-15-26)53-40(50)33-34-38(48)45(31(23-46)25(4)9-3)37(41(34)22-29(42)36(33)54-41)39(49)44(21-8-2)27-17-19-28(52-6)20-18-27/h7-8,11-15,17-20,25,29-31,33-37,46H,1-2,9-10,16,21-24H2,3-6H3,(H,43,47)/t25-,29?,30+,31-,33+,34-,35+,36+,37+,41-/m0/s1. The van der Waals surface area contributed by atoms with E-state index in [0.29, 0.717) is 29.8 Å². The first-order chi connectivity index (χ1) is 26.0. The third-order valence-electron chi connectivity index (χ3n) is 11.0. The maximum Gasteiger partial charge on any atom is 0.313 e. The Kier molecular flexibility index (Phi) is 13.8. The van der Waals surface area contributed by atoms with Crippen LogP contribution in [0.25, 0.3) is 0 Å². The zero-order valence-electron chi connectivity index (χ0n) is 31.4. The lowest BCUT2D eigenvalue weighted by Crippen LogP contribution is -2.60. The number of nitrogens with one attached hydrogen (secondary N) is 1. The van der Waals surface area contributed by atoms with Crippen molar-refractivity contribution in [2.75, 3.05) is 38.9 Å². The van der Waals surface area contributed by atoms with E-state index in [0.717, 1.165) is 0 Å². The first kappa shape index (κ1) is 41.1. The van der Waals surface area contributed by atoms with Gasteiger partial charge in [0.2, 0.25) is 11.8 Å². The summed E-state index contributed by atoms with van der Waals surface area (Å²) in [7, 11) is 3.05. The zero-order valence-corrected chi connectivity index (χ0v) is 33.0. The van der Waals surface area contributed by atoms with Crippen molar-refractivity contribution in [2.45, 2.75) is 80.3 Å². The highest BCUT2D eigenvalue weighted by molar-refractivity contribution is 9.09. The molecular weight excluding hydrogens is 758 g/mol. The molecule has 3 amide bonds. The Morgan fingerprint density at radius 2 is 1.83 bits per heavy atom. The lowest BCUT2D eigenvalue weighted by molar-refractivity contribution is -0.163. The Morgan fingerprint density at radius 1 is 1.13 bits per heavy atom. The van der Waals surface area contributed by atoms with Gasteiger partial charge >= 0.3 is 5.97 Å². The normalized spacial score (nSPS) is 26.3. The molecule has 2 aromatic carbocycles. The van der Waals surface area contributed by atoms with E-state index < -0.39 is 77.0 Å². The number of amides is 3. The molecule has 54 heavy (non-hydrogen) atoms. The number of allylic oxidation sites excluding steroid dienone is 1. The predicted octanol–water partition coefficient (Wildman–Crippen LogP) is 4.75. The molecule has 0 aromatic heterocycles. The van der Waals surface area contributed by atoms with Crippen LogP contribution in [-0.2, 0) is 33.4 Å². The zero-order chi connectivity index (χ0) is 39.2. The highest BCUT2D eigenvalue weighted by Crippen LogP contribution is 2.61. The van der Waals surface area contributed by atoms with Crippen LogP contribution in [0.4, 0.5) is 5.69 Å². The van der Waals surface area contributed by atoms with Crippen molar-refractivity contribution in [2.24, 2.45) is 17.8 Å². The van der Waals surface area contributed by atoms with Gasteiger partial charge in [-0.15, -0.1) is 13.2 Å². The summed E-state index contributed by atoms with van der Waals surface area (Å²) in [6.07, 6.45) is 3.01. The molecule has 3 fully saturated rings. The number of rotatable bonds is 19. The van der Waals surface area contributed by atoms with Crippen LogP contribution >= 0.6 is 15.9 Å². The van der Waals surface area contributed by atoms with Gasteiger partial charge in [0.1, 0.15) is 23.5 Å².